The number of hydrogen-bond donors (Lipinski definition) is 0. The van der Waals surface area contributed by atoms with Crippen LogP contribution in [0.4, 0.5) is 0 Å². The molecular weight excluding hydrogens is 954 g/mol. The third-order valence-electron chi connectivity index (χ3n) is 14.1. The maximum Gasteiger partial charge on any atom is 0.306 e. The van der Waals surface area contributed by atoms with Gasteiger partial charge in [0.15, 0.2) is 6.10 Å². The van der Waals surface area contributed by atoms with Crippen molar-refractivity contribution in [2.45, 2.75) is 309 Å². The Morgan fingerprint density at radius 3 is 1.11 bits per heavy atom. The summed E-state index contributed by atoms with van der Waals surface area (Å²) in [5.41, 5.74) is 0. The van der Waals surface area contributed by atoms with Gasteiger partial charge in [0, 0.05) is 12.8 Å². The number of phosphoric ester groups is 1. The van der Waals surface area contributed by atoms with Crippen molar-refractivity contribution in [3.63, 3.8) is 0 Å². The first-order chi connectivity index (χ1) is 36.5. The molecule has 0 fully saturated rings. The highest BCUT2D eigenvalue weighted by Crippen LogP contribution is 2.38. The Hall–Kier alpha value is -2.03. The van der Waals surface area contributed by atoms with Gasteiger partial charge in [0.25, 0.3) is 7.82 Å². The number of ether oxygens (including phenoxy) is 2. The fourth-order valence-corrected chi connectivity index (χ4v) is 9.86. The molecule has 2 unspecified atom stereocenters. The lowest BCUT2D eigenvalue weighted by atomic mass is 10.0. The van der Waals surface area contributed by atoms with Crippen molar-refractivity contribution in [2.24, 2.45) is 0 Å². The largest absolute Gasteiger partial charge is 0.756 e. The van der Waals surface area contributed by atoms with Gasteiger partial charge < -0.3 is 27.9 Å². The molecule has 0 radical (unpaired) electrons. The highest BCUT2D eigenvalue weighted by atomic mass is 31.2. The quantitative estimate of drug-likeness (QED) is 0.0195. The molecule has 0 aliphatic heterocycles. The standard InChI is InChI=1S/C65H122NO8P/c1-6-8-10-12-14-16-18-20-21-22-23-24-25-26-27-28-29-30-31-32-33-34-35-36-37-38-39-40-41-42-43-44-45-46-48-50-52-54-56-58-65(68)74-63(62-73-75(69,70)72-60-59-66(3,4)5)61-71-64(67)57-55-53-51-49-47-19-17-15-13-11-9-7-2/h15,17-18,20,22-23,25-26,63H,6-14,16,19,21,24,27-62H2,1-5H3/b17-15-,20-18-,23-22-,26-25-. The van der Waals surface area contributed by atoms with Crippen LogP contribution in [-0.2, 0) is 32.7 Å². The van der Waals surface area contributed by atoms with Crippen molar-refractivity contribution in [1.82, 2.24) is 0 Å². The first-order valence-electron chi connectivity index (χ1n) is 31.8. The van der Waals surface area contributed by atoms with Crippen LogP contribution in [0.2, 0.25) is 0 Å². The van der Waals surface area contributed by atoms with E-state index in [9.17, 15) is 19.0 Å². The first-order valence-corrected chi connectivity index (χ1v) is 33.3. The zero-order valence-corrected chi connectivity index (χ0v) is 50.9. The van der Waals surface area contributed by atoms with E-state index in [2.05, 4.69) is 62.5 Å². The molecule has 0 aromatic heterocycles. The number of carbonyl (C=O) groups excluding carboxylic acids is 2. The molecule has 0 N–H and O–H groups in total. The van der Waals surface area contributed by atoms with Crippen LogP contribution in [0.15, 0.2) is 48.6 Å². The molecular formula is C65H122NO8P. The minimum atomic E-state index is -4.63. The van der Waals surface area contributed by atoms with Crippen LogP contribution in [0.25, 0.3) is 0 Å². The maximum atomic E-state index is 12.8. The summed E-state index contributed by atoms with van der Waals surface area (Å²) in [7, 11) is 1.17. The normalized spacial score (nSPS) is 13.5. The Morgan fingerprint density at radius 1 is 0.413 bits per heavy atom. The van der Waals surface area contributed by atoms with Crippen LogP contribution in [0.1, 0.15) is 303 Å². The van der Waals surface area contributed by atoms with Gasteiger partial charge in [0.1, 0.15) is 19.8 Å². The van der Waals surface area contributed by atoms with Crippen molar-refractivity contribution in [3.8, 4) is 0 Å². The van der Waals surface area contributed by atoms with E-state index in [0.29, 0.717) is 17.4 Å². The number of esters is 2. The molecule has 0 saturated carbocycles. The van der Waals surface area contributed by atoms with Crippen molar-refractivity contribution < 1.29 is 42.1 Å². The van der Waals surface area contributed by atoms with Gasteiger partial charge in [0.2, 0.25) is 0 Å². The minimum absolute atomic E-state index is 0.0306. The lowest BCUT2D eigenvalue weighted by Crippen LogP contribution is -2.37. The lowest BCUT2D eigenvalue weighted by Gasteiger charge is -2.28. The second-order valence-corrected chi connectivity index (χ2v) is 24.2. The van der Waals surface area contributed by atoms with Crippen LogP contribution in [-0.4, -0.2) is 70.0 Å². The molecule has 0 saturated heterocycles. The molecule has 0 aliphatic carbocycles. The van der Waals surface area contributed by atoms with Gasteiger partial charge in [-0.15, -0.1) is 0 Å². The van der Waals surface area contributed by atoms with E-state index in [1.54, 1.807) is 0 Å². The zero-order valence-electron chi connectivity index (χ0n) is 50.0. The Bertz CT molecular complexity index is 1410. The topological polar surface area (TPSA) is 111 Å². The van der Waals surface area contributed by atoms with Gasteiger partial charge in [-0.1, -0.05) is 262 Å². The Balaban J connectivity index is 3.87. The van der Waals surface area contributed by atoms with E-state index in [-0.39, 0.29) is 32.0 Å². The number of phosphoric acid groups is 1. The summed E-state index contributed by atoms with van der Waals surface area (Å²) in [5.74, 6) is -0.833. The summed E-state index contributed by atoms with van der Waals surface area (Å²) in [6.07, 6.45) is 72.0. The van der Waals surface area contributed by atoms with Gasteiger partial charge in [-0.05, 0) is 77.0 Å². The van der Waals surface area contributed by atoms with E-state index < -0.39 is 26.5 Å². The second kappa shape index (κ2) is 56.7. The minimum Gasteiger partial charge on any atom is -0.756 e. The zero-order chi connectivity index (χ0) is 54.9. The number of hydrogen-bond acceptors (Lipinski definition) is 8. The third-order valence-corrected chi connectivity index (χ3v) is 15.0. The summed E-state index contributed by atoms with van der Waals surface area (Å²) in [5, 5.41) is 0. The predicted octanol–water partition coefficient (Wildman–Crippen LogP) is 19.5. The molecule has 0 rings (SSSR count). The molecule has 0 bridgehead atoms. The number of rotatable bonds is 59. The number of likely N-dealkylation sites (N-methyl/N-ethyl adjacent to an activating group) is 1. The van der Waals surface area contributed by atoms with Gasteiger partial charge in [-0.2, -0.15) is 0 Å². The monoisotopic (exact) mass is 1080 g/mol. The molecule has 0 aliphatic rings. The highest BCUT2D eigenvalue weighted by Gasteiger charge is 2.22. The molecule has 0 heterocycles. The van der Waals surface area contributed by atoms with E-state index in [4.69, 9.17) is 18.5 Å². The molecule has 10 heteroatoms. The number of allylic oxidation sites excluding steroid dienone is 8. The van der Waals surface area contributed by atoms with Crippen LogP contribution < -0.4 is 4.89 Å². The first kappa shape index (κ1) is 73.0. The fraction of sp³-hybridized carbons (Fsp3) is 0.846. The van der Waals surface area contributed by atoms with Gasteiger partial charge in [-0.25, -0.2) is 0 Å². The highest BCUT2D eigenvalue weighted by molar-refractivity contribution is 7.45. The van der Waals surface area contributed by atoms with Gasteiger partial charge in [0.05, 0.1) is 27.7 Å². The number of quaternary nitrogens is 1. The number of carbonyl (C=O) groups is 2. The Morgan fingerprint density at radius 2 is 0.720 bits per heavy atom. The SMILES string of the molecule is CCCCC/C=C\CCCCCCCC(=O)OCC(COP(=O)([O-])OCC[N+](C)(C)C)OC(=O)CCCCCCCCCCCCCCCCCCCCCCCCCC/C=C\C/C=C\C/C=C\CCCCCCC. The summed E-state index contributed by atoms with van der Waals surface area (Å²) < 4.78 is 34.1. The summed E-state index contributed by atoms with van der Waals surface area (Å²) >= 11 is 0. The van der Waals surface area contributed by atoms with Crippen molar-refractivity contribution >= 4 is 19.8 Å². The Labute approximate surface area is 464 Å². The molecule has 0 aromatic carbocycles. The smallest absolute Gasteiger partial charge is 0.306 e. The van der Waals surface area contributed by atoms with Crippen LogP contribution in [0.3, 0.4) is 0 Å². The van der Waals surface area contributed by atoms with Crippen LogP contribution in [0.5, 0.6) is 0 Å². The third kappa shape index (κ3) is 61.1. The van der Waals surface area contributed by atoms with Gasteiger partial charge in [-0.3, -0.25) is 14.2 Å². The molecule has 0 amide bonds. The summed E-state index contributed by atoms with van der Waals surface area (Å²) in [6.45, 7) is 4.22. The number of unbranched alkanes of at least 4 members (excludes halogenated alkanes) is 37. The maximum absolute atomic E-state index is 12.8. The average molecular weight is 1080 g/mol. The van der Waals surface area contributed by atoms with E-state index in [1.807, 2.05) is 21.1 Å². The molecule has 0 aromatic rings. The Kier molecular flexibility index (Phi) is 55.1. The summed E-state index contributed by atoms with van der Waals surface area (Å²) in [4.78, 5) is 37.8. The fourth-order valence-electron chi connectivity index (χ4n) is 9.13. The van der Waals surface area contributed by atoms with Crippen LogP contribution in [0, 0.1) is 0 Å². The van der Waals surface area contributed by atoms with E-state index >= 15 is 0 Å². The molecule has 2 atom stereocenters. The van der Waals surface area contributed by atoms with Crippen molar-refractivity contribution in [3.05, 3.63) is 48.6 Å². The van der Waals surface area contributed by atoms with E-state index in [1.165, 1.54) is 205 Å². The number of nitrogens with zero attached hydrogens (tertiary/aromatic N) is 1. The van der Waals surface area contributed by atoms with Crippen molar-refractivity contribution in [1.29, 1.82) is 0 Å². The average Bonchev–Trinajstić information content (AvgIpc) is 3.37. The lowest BCUT2D eigenvalue weighted by molar-refractivity contribution is -0.870. The van der Waals surface area contributed by atoms with Crippen LogP contribution >= 0.6 is 7.82 Å². The second-order valence-electron chi connectivity index (χ2n) is 22.8. The molecule has 75 heavy (non-hydrogen) atoms. The molecule has 0 spiro atoms. The van der Waals surface area contributed by atoms with Crippen molar-refractivity contribution in [2.75, 3.05) is 47.5 Å². The van der Waals surface area contributed by atoms with Gasteiger partial charge >= 0.3 is 11.9 Å². The predicted molar refractivity (Wildman–Crippen MR) is 319 cm³/mol. The molecule has 9 nitrogen and oxygen atoms in total. The summed E-state index contributed by atoms with van der Waals surface area (Å²) in [6, 6.07) is 0. The molecule has 440 valence electrons. The van der Waals surface area contributed by atoms with E-state index in [0.717, 1.165) is 64.2 Å².